The minimum absolute atomic E-state index is 0.0339. The molecule has 0 aliphatic heterocycles. The van der Waals surface area contributed by atoms with Gasteiger partial charge in [-0.2, -0.15) is 0 Å². The quantitative estimate of drug-likeness (QED) is 0.580. The third-order valence-electron chi connectivity index (χ3n) is 2.07. The Morgan fingerprint density at radius 1 is 0.583 bits per heavy atom. The Balaban J connectivity index is 4.08. The SMILES string of the molecule is CC(C)[C@H](O)C(O)[C@@H](O)C(C)C. The molecule has 0 aliphatic carbocycles. The van der Waals surface area contributed by atoms with Gasteiger partial charge in [-0.15, -0.1) is 0 Å². The smallest absolute Gasteiger partial charge is 0.106 e. The molecule has 0 aromatic heterocycles. The van der Waals surface area contributed by atoms with Crippen LogP contribution in [-0.2, 0) is 0 Å². The summed E-state index contributed by atoms with van der Waals surface area (Å²) in [5.41, 5.74) is 0. The van der Waals surface area contributed by atoms with E-state index in [1.54, 1.807) is 27.7 Å². The largest absolute Gasteiger partial charge is 0.390 e. The van der Waals surface area contributed by atoms with Crippen molar-refractivity contribution in [3.05, 3.63) is 0 Å². The molecule has 0 radical (unpaired) electrons. The average Bonchev–Trinajstić information content (AvgIpc) is 2.00. The first-order valence-electron chi connectivity index (χ1n) is 4.42. The Bertz CT molecular complexity index is 109. The third-order valence-corrected chi connectivity index (χ3v) is 2.07. The van der Waals surface area contributed by atoms with Crippen molar-refractivity contribution in [3.63, 3.8) is 0 Å². The molecule has 3 N–H and O–H groups in total. The summed E-state index contributed by atoms with van der Waals surface area (Å²) in [4.78, 5) is 0. The van der Waals surface area contributed by atoms with Crippen molar-refractivity contribution in [1.82, 2.24) is 0 Å². The van der Waals surface area contributed by atoms with Crippen molar-refractivity contribution in [2.24, 2.45) is 11.8 Å². The van der Waals surface area contributed by atoms with E-state index in [0.29, 0.717) is 0 Å². The lowest BCUT2D eigenvalue weighted by Gasteiger charge is -2.27. The first-order chi connectivity index (χ1) is 5.37. The fourth-order valence-corrected chi connectivity index (χ4v) is 0.991. The third kappa shape index (κ3) is 3.09. The van der Waals surface area contributed by atoms with Crippen LogP contribution in [0.3, 0.4) is 0 Å². The van der Waals surface area contributed by atoms with Gasteiger partial charge in [0.25, 0.3) is 0 Å². The van der Waals surface area contributed by atoms with Crippen LogP contribution in [0.1, 0.15) is 27.7 Å². The molecule has 3 nitrogen and oxygen atoms in total. The van der Waals surface area contributed by atoms with Crippen LogP contribution in [0.5, 0.6) is 0 Å². The van der Waals surface area contributed by atoms with Gasteiger partial charge in [-0.25, -0.2) is 0 Å². The summed E-state index contributed by atoms with van der Waals surface area (Å²) in [7, 11) is 0. The van der Waals surface area contributed by atoms with Crippen LogP contribution in [-0.4, -0.2) is 33.6 Å². The molecule has 0 rings (SSSR count). The van der Waals surface area contributed by atoms with Crippen LogP contribution in [0.2, 0.25) is 0 Å². The maximum atomic E-state index is 9.43. The summed E-state index contributed by atoms with van der Waals surface area (Å²) in [6.45, 7) is 7.23. The van der Waals surface area contributed by atoms with Crippen molar-refractivity contribution in [1.29, 1.82) is 0 Å². The van der Waals surface area contributed by atoms with E-state index in [1.807, 2.05) is 0 Å². The Kier molecular flexibility index (Phi) is 4.75. The second-order valence-electron chi connectivity index (χ2n) is 3.96. The summed E-state index contributed by atoms with van der Waals surface area (Å²) < 4.78 is 0. The number of aliphatic hydroxyl groups excluding tert-OH is 3. The first-order valence-corrected chi connectivity index (χ1v) is 4.42. The standard InChI is InChI=1S/C9H20O3/c1-5(2)7(10)9(12)8(11)6(3)4/h5-12H,1-4H3/t7-,8-/m0/s1. The summed E-state index contributed by atoms with van der Waals surface area (Å²) in [5, 5.41) is 28.2. The van der Waals surface area contributed by atoms with Crippen molar-refractivity contribution in [2.45, 2.75) is 46.0 Å². The van der Waals surface area contributed by atoms with Gasteiger partial charge in [0.15, 0.2) is 0 Å². The van der Waals surface area contributed by atoms with E-state index in [1.165, 1.54) is 0 Å². The van der Waals surface area contributed by atoms with E-state index in [9.17, 15) is 15.3 Å². The van der Waals surface area contributed by atoms with Crippen LogP contribution in [0.25, 0.3) is 0 Å². The van der Waals surface area contributed by atoms with E-state index >= 15 is 0 Å². The van der Waals surface area contributed by atoms with Crippen molar-refractivity contribution >= 4 is 0 Å². The predicted molar refractivity (Wildman–Crippen MR) is 47.7 cm³/mol. The van der Waals surface area contributed by atoms with E-state index in [0.717, 1.165) is 0 Å². The van der Waals surface area contributed by atoms with Crippen molar-refractivity contribution < 1.29 is 15.3 Å². The second-order valence-corrected chi connectivity index (χ2v) is 3.96. The van der Waals surface area contributed by atoms with Crippen LogP contribution >= 0.6 is 0 Å². The molecule has 0 heterocycles. The molecular weight excluding hydrogens is 156 g/mol. The predicted octanol–water partition coefficient (Wildman–Crippen LogP) is 0.381. The van der Waals surface area contributed by atoms with Gasteiger partial charge in [-0.05, 0) is 11.8 Å². The lowest BCUT2D eigenvalue weighted by atomic mass is 9.92. The van der Waals surface area contributed by atoms with Gasteiger partial charge in [-0.1, -0.05) is 27.7 Å². The zero-order valence-electron chi connectivity index (χ0n) is 8.23. The molecule has 0 unspecified atom stereocenters. The number of rotatable bonds is 4. The Hall–Kier alpha value is -0.120. The highest BCUT2D eigenvalue weighted by atomic mass is 16.4. The molecule has 0 saturated carbocycles. The topological polar surface area (TPSA) is 60.7 Å². The number of aliphatic hydroxyl groups is 3. The maximum absolute atomic E-state index is 9.43. The van der Waals surface area contributed by atoms with Gasteiger partial charge in [-0.3, -0.25) is 0 Å². The lowest BCUT2D eigenvalue weighted by molar-refractivity contribution is -0.0897. The fraction of sp³-hybridized carbons (Fsp3) is 1.00. The summed E-state index contributed by atoms with van der Waals surface area (Å²) in [6.07, 6.45) is -2.73. The van der Waals surface area contributed by atoms with Gasteiger partial charge in [0.05, 0.1) is 12.2 Å². The van der Waals surface area contributed by atoms with E-state index in [-0.39, 0.29) is 11.8 Å². The fourth-order valence-electron chi connectivity index (χ4n) is 0.991. The van der Waals surface area contributed by atoms with E-state index in [2.05, 4.69) is 0 Å². The highest BCUT2D eigenvalue weighted by Crippen LogP contribution is 2.14. The molecule has 0 aliphatic rings. The molecule has 0 aromatic carbocycles. The van der Waals surface area contributed by atoms with Gasteiger partial charge >= 0.3 is 0 Å². The molecule has 0 aromatic rings. The Morgan fingerprint density at radius 3 is 1.00 bits per heavy atom. The van der Waals surface area contributed by atoms with Crippen LogP contribution in [0.15, 0.2) is 0 Å². The Morgan fingerprint density at radius 2 is 0.833 bits per heavy atom. The number of hydrogen-bond acceptors (Lipinski definition) is 3. The van der Waals surface area contributed by atoms with Crippen LogP contribution in [0.4, 0.5) is 0 Å². The van der Waals surface area contributed by atoms with Crippen molar-refractivity contribution in [3.8, 4) is 0 Å². The van der Waals surface area contributed by atoms with Crippen LogP contribution < -0.4 is 0 Å². The van der Waals surface area contributed by atoms with Crippen molar-refractivity contribution in [2.75, 3.05) is 0 Å². The molecule has 2 atom stereocenters. The van der Waals surface area contributed by atoms with E-state index < -0.39 is 18.3 Å². The minimum atomic E-state index is -1.04. The molecule has 0 fully saturated rings. The molecule has 0 amide bonds. The molecule has 0 bridgehead atoms. The molecular formula is C9H20O3. The summed E-state index contributed by atoms with van der Waals surface area (Å²) in [5.74, 6) is -0.0678. The van der Waals surface area contributed by atoms with E-state index in [4.69, 9.17) is 0 Å². The highest BCUT2D eigenvalue weighted by molar-refractivity contribution is 4.78. The van der Waals surface area contributed by atoms with Gasteiger partial charge < -0.3 is 15.3 Å². The van der Waals surface area contributed by atoms with Gasteiger partial charge in [0.1, 0.15) is 6.10 Å². The molecule has 12 heavy (non-hydrogen) atoms. The maximum Gasteiger partial charge on any atom is 0.106 e. The van der Waals surface area contributed by atoms with Crippen LogP contribution in [0, 0.1) is 11.8 Å². The highest BCUT2D eigenvalue weighted by Gasteiger charge is 2.28. The van der Waals surface area contributed by atoms with Gasteiger partial charge in [0.2, 0.25) is 0 Å². The number of hydrogen-bond donors (Lipinski definition) is 3. The molecule has 0 saturated heterocycles. The minimum Gasteiger partial charge on any atom is -0.390 e. The lowest BCUT2D eigenvalue weighted by Crippen LogP contribution is -2.42. The average molecular weight is 176 g/mol. The molecule has 74 valence electrons. The molecule has 0 spiro atoms. The molecule has 3 heteroatoms. The zero-order chi connectivity index (χ0) is 9.89. The monoisotopic (exact) mass is 176 g/mol. The normalized spacial score (nSPS) is 19.8. The zero-order valence-corrected chi connectivity index (χ0v) is 8.23. The summed E-state index contributed by atoms with van der Waals surface area (Å²) >= 11 is 0. The van der Waals surface area contributed by atoms with Gasteiger partial charge in [0, 0.05) is 0 Å². The Labute approximate surface area is 74.0 Å². The second kappa shape index (κ2) is 4.80. The first kappa shape index (κ1) is 11.9. The summed E-state index contributed by atoms with van der Waals surface area (Å²) in [6, 6.07) is 0.